The Balaban J connectivity index is 1.70. The molecule has 0 heterocycles. The highest BCUT2D eigenvalue weighted by molar-refractivity contribution is 5.92. The van der Waals surface area contributed by atoms with E-state index in [1.807, 2.05) is 49.4 Å². The van der Waals surface area contributed by atoms with Crippen LogP contribution >= 0.6 is 0 Å². The summed E-state index contributed by atoms with van der Waals surface area (Å²) in [7, 11) is 0. The molecule has 0 radical (unpaired) electrons. The van der Waals surface area contributed by atoms with Crippen LogP contribution in [0.2, 0.25) is 0 Å². The largest absolute Gasteiger partial charge is 0.494 e. The van der Waals surface area contributed by atoms with Crippen molar-refractivity contribution in [2.45, 2.75) is 13.3 Å². The minimum atomic E-state index is -0.0540. The van der Waals surface area contributed by atoms with Crippen molar-refractivity contribution < 1.29 is 9.53 Å². The van der Waals surface area contributed by atoms with E-state index in [-0.39, 0.29) is 5.91 Å². The standard InChI is InChI=1S/C18H22N2O2/c1-2-22-17-10-6-9-16(13-17)20-18(21)14-19-12-11-15-7-4-3-5-8-15/h3-10,13,19H,2,11-12,14H2,1H3,(H,20,21). The number of carbonyl (C=O) groups is 1. The van der Waals surface area contributed by atoms with E-state index in [9.17, 15) is 4.79 Å². The van der Waals surface area contributed by atoms with Gasteiger partial charge in [0.2, 0.25) is 5.91 Å². The van der Waals surface area contributed by atoms with Gasteiger partial charge in [-0.1, -0.05) is 36.4 Å². The summed E-state index contributed by atoms with van der Waals surface area (Å²) in [6.45, 7) is 3.61. The van der Waals surface area contributed by atoms with Crippen molar-refractivity contribution in [3.8, 4) is 5.75 Å². The fourth-order valence-electron chi connectivity index (χ4n) is 2.11. The van der Waals surface area contributed by atoms with E-state index in [0.29, 0.717) is 13.2 Å². The van der Waals surface area contributed by atoms with Gasteiger partial charge in [0.05, 0.1) is 13.2 Å². The SMILES string of the molecule is CCOc1cccc(NC(=O)CNCCc2ccccc2)c1. The zero-order valence-corrected chi connectivity index (χ0v) is 12.8. The first-order valence-corrected chi connectivity index (χ1v) is 7.55. The van der Waals surface area contributed by atoms with E-state index in [1.165, 1.54) is 5.56 Å². The molecule has 4 heteroatoms. The van der Waals surface area contributed by atoms with Crippen LogP contribution in [0.4, 0.5) is 5.69 Å². The number of hydrogen-bond donors (Lipinski definition) is 2. The summed E-state index contributed by atoms with van der Waals surface area (Å²) in [6.07, 6.45) is 0.911. The molecule has 116 valence electrons. The van der Waals surface area contributed by atoms with Crippen LogP contribution in [-0.4, -0.2) is 25.6 Å². The maximum Gasteiger partial charge on any atom is 0.238 e. The molecule has 0 fully saturated rings. The second-order valence-corrected chi connectivity index (χ2v) is 4.92. The van der Waals surface area contributed by atoms with Crippen LogP contribution in [0.5, 0.6) is 5.75 Å². The number of nitrogens with one attached hydrogen (secondary N) is 2. The Bertz CT molecular complexity index is 585. The summed E-state index contributed by atoms with van der Waals surface area (Å²) in [4.78, 5) is 11.9. The fourth-order valence-corrected chi connectivity index (χ4v) is 2.11. The van der Waals surface area contributed by atoms with Crippen LogP contribution in [0, 0.1) is 0 Å². The quantitative estimate of drug-likeness (QED) is 0.737. The van der Waals surface area contributed by atoms with Crippen molar-refractivity contribution in [3.05, 3.63) is 60.2 Å². The number of ether oxygens (including phenoxy) is 1. The second kappa shape index (κ2) is 8.85. The van der Waals surface area contributed by atoms with E-state index in [0.717, 1.165) is 24.4 Å². The van der Waals surface area contributed by atoms with Crippen LogP contribution in [0.1, 0.15) is 12.5 Å². The Labute approximate surface area is 131 Å². The molecular weight excluding hydrogens is 276 g/mol. The predicted octanol–water partition coefficient (Wildman–Crippen LogP) is 2.86. The first-order valence-electron chi connectivity index (χ1n) is 7.55. The minimum Gasteiger partial charge on any atom is -0.494 e. The molecule has 0 saturated heterocycles. The molecule has 0 unspecified atom stereocenters. The third-order valence-corrected chi connectivity index (χ3v) is 3.15. The second-order valence-electron chi connectivity index (χ2n) is 4.92. The van der Waals surface area contributed by atoms with Gasteiger partial charge in [0, 0.05) is 11.8 Å². The van der Waals surface area contributed by atoms with Crippen molar-refractivity contribution in [3.63, 3.8) is 0 Å². The summed E-state index contributed by atoms with van der Waals surface area (Å²) >= 11 is 0. The average Bonchev–Trinajstić information content (AvgIpc) is 2.53. The van der Waals surface area contributed by atoms with Gasteiger partial charge >= 0.3 is 0 Å². The van der Waals surface area contributed by atoms with E-state index in [4.69, 9.17) is 4.74 Å². The van der Waals surface area contributed by atoms with Gasteiger partial charge in [-0.3, -0.25) is 4.79 Å². The first-order chi connectivity index (χ1) is 10.8. The predicted molar refractivity (Wildman–Crippen MR) is 89.3 cm³/mol. The van der Waals surface area contributed by atoms with E-state index < -0.39 is 0 Å². The molecule has 22 heavy (non-hydrogen) atoms. The summed E-state index contributed by atoms with van der Waals surface area (Å²) in [6, 6.07) is 17.6. The topological polar surface area (TPSA) is 50.4 Å². The lowest BCUT2D eigenvalue weighted by Gasteiger charge is -2.09. The molecule has 2 aromatic carbocycles. The molecule has 0 aliphatic rings. The minimum absolute atomic E-state index is 0.0540. The lowest BCUT2D eigenvalue weighted by atomic mass is 10.1. The maximum atomic E-state index is 11.9. The van der Waals surface area contributed by atoms with Crippen LogP contribution in [-0.2, 0) is 11.2 Å². The Kier molecular flexibility index (Phi) is 6.45. The van der Waals surface area contributed by atoms with Crippen LogP contribution < -0.4 is 15.4 Å². The van der Waals surface area contributed by atoms with Gasteiger partial charge in [-0.15, -0.1) is 0 Å². The van der Waals surface area contributed by atoms with Crippen molar-refractivity contribution in [2.24, 2.45) is 0 Å². The highest BCUT2D eigenvalue weighted by Crippen LogP contribution is 2.16. The van der Waals surface area contributed by atoms with Crippen molar-refractivity contribution in [1.82, 2.24) is 5.32 Å². The zero-order valence-electron chi connectivity index (χ0n) is 12.8. The number of carbonyl (C=O) groups excluding carboxylic acids is 1. The van der Waals surface area contributed by atoms with Gasteiger partial charge in [0.1, 0.15) is 5.75 Å². The lowest BCUT2D eigenvalue weighted by Crippen LogP contribution is -2.29. The summed E-state index contributed by atoms with van der Waals surface area (Å²) in [5, 5.41) is 6.01. The van der Waals surface area contributed by atoms with Crippen LogP contribution in [0.25, 0.3) is 0 Å². The third kappa shape index (κ3) is 5.58. The van der Waals surface area contributed by atoms with E-state index >= 15 is 0 Å². The molecule has 0 saturated carbocycles. The zero-order chi connectivity index (χ0) is 15.6. The van der Waals surface area contributed by atoms with Gasteiger partial charge in [0.25, 0.3) is 0 Å². The van der Waals surface area contributed by atoms with Crippen LogP contribution in [0.15, 0.2) is 54.6 Å². The highest BCUT2D eigenvalue weighted by atomic mass is 16.5. The normalized spacial score (nSPS) is 10.2. The van der Waals surface area contributed by atoms with Crippen molar-refractivity contribution in [2.75, 3.05) is 25.0 Å². The summed E-state index contributed by atoms with van der Waals surface area (Å²) < 4.78 is 5.41. The number of rotatable bonds is 8. The number of amides is 1. The Morgan fingerprint density at radius 2 is 1.91 bits per heavy atom. The van der Waals surface area contributed by atoms with Gasteiger partial charge in [-0.25, -0.2) is 0 Å². The molecular formula is C18H22N2O2. The Hall–Kier alpha value is -2.33. The fraction of sp³-hybridized carbons (Fsp3) is 0.278. The number of hydrogen-bond acceptors (Lipinski definition) is 3. The summed E-state index contributed by atoms with van der Waals surface area (Å²) in [5.74, 6) is 0.707. The number of benzene rings is 2. The Morgan fingerprint density at radius 3 is 2.68 bits per heavy atom. The molecule has 2 aromatic rings. The lowest BCUT2D eigenvalue weighted by molar-refractivity contribution is -0.115. The van der Waals surface area contributed by atoms with Crippen molar-refractivity contribution >= 4 is 11.6 Å². The van der Waals surface area contributed by atoms with E-state index in [1.54, 1.807) is 0 Å². The van der Waals surface area contributed by atoms with E-state index in [2.05, 4.69) is 22.8 Å². The average molecular weight is 298 g/mol. The maximum absolute atomic E-state index is 11.9. The third-order valence-electron chi connectivity index (χ3n) is 3.15. The molecule has 0 spiro atoms. The molecule has 2 N–H and O–H groups in total. The van der Waals surface area contributed by atoms with Crippen molar-refractivity contribution in [1.29, 1.82) is 0 Å². The first kappa shape index (κ1) is 16.0. The smallest absolute Gasteiger partial charge is 0.238 e. The molecule has 1 amide bonds. The summed E-state index contributed by atoms with van der Waals surface area (Å²) in [5.41, 5.74) is 2.01. The number of anilines is 1. The molecule has 0 aliphatic heterocycles. The van der Waals surface area contributed by atoms with Gasteiger partial charge in [0.15, 0.2) is 0 Å². The van der Waals surface area contributed by atoms with Crippen LogP contribution in [0.3, 0.4) is 0 Å². The van der Waals surface area contributed by atoms with Gasteiger partial charge in [-0.2, -0.15) is 0 Å². The monoisotopic (exact) mass is 298 g/mol. The highest BCUT2D eigenvalue weighted by Gasteiger charge is 2.03. The molecule has 2 rings (SSSR count). The van der Waals surface area contributed by atoms with Gasteiger partial charge < -0.3 is 15.4 Å². The molecule has 0 aliphatic carbocycles. The molecule has 0 aromatic heterocycles. The molecule has 0 atom stereocenters. The van der Waals surface area contributed by atoms with Gasteiger partial charge in [-0.05, 0) is 37.6 Å². The Morgan fingerprint density at radius 1 is 1.09 bits per heavy atom. The molecule has 4 nitrogen and oxygen atoms in total. The molecule has 0 bridgehead atoms.